The zero-order valence-electron chi connectivity index (χ0n) is 17.3. The fraction of sp³-hybridized carbons (Fsp3) is 0.273. The number of aromatic nitrogens is 2. The molecule has 1 aromatic carbocycles. The van der Waals surface area contributed by atoms with Crippen molar-refractivity contribution in [1.82, 2.24) is 9.97 Å². The summed E-state index contributed by atoms with van der Waals surface area (Å²) in [5.41, 5.74) is 5.20. The second kappa shape index (κ2) is 9.74. The molecular weight excluding hydrogens is 416 g/mol. The molecule has 0 radical (unpaired) electrons. The maximum Gasteiger partial charge on any atom is 0.226 e. The van der Waals surface area contributed by atoms with E-state index in [2.05, 4.69) is 21.4 Å². The molecule has 154 valence electrons. The van der Waals surface area contributed by atoms with Crippen molar-refractivity contribution < 1.29 is 9.53 Å². The number of benzene rings is 1. The third-order valence-electron chi connectivity index (χ3n) is 4.76. The fourth-order valence-corrected chi connectivity index (χ4v) is 4.58. The molecule has 0 aliphatic carbocycles. The molecule has 0 saturated heterocycles. The lowest BCUT2D eigenvalue weighted by molar-refractivity contribution is -0.115. The summed E-state index contributed by atoms with van der Waals surface area (Å²) in [5.74, 6) is 1.17. The first-order valence-electron chi connectivity index (χ1n) is 9.33. The number of nitrogens with zero attached hydrogens (tertiary/aromatic N) is 3. The van der Waals surface area contributed by atoms with Gasteiger partial charge in [0, 0.05) is 28.8 Å². The van der Waals surface area contributed by atoms with E-state index in [0.29, 0.717) is 27.9 Å². The number of anilines is 1. The predicted molar refractivity (Wildman–Crippen MR) is 121 cm³/mol. The molecule has 1 N–H and O–H groups in total. The highest BCUT2D eigenvalue weighted by atomic mass is 32.2. The Bertz CT molecular complexity index is 1120. The quantitative estimate of drug-likeness (QED) is 0.515. The molecule has 6 nitrogen and oxygen atoms in total. The standard InChI is InChI=1S/C22H22N4O2S2/c1-13-14(2)18(11-23)21(24-15(13)3)29-9-8-20(27)26-22-25-19(12-30-22)16-6-5-7-17(10-16)28-4/h5-7,10,12H,8-9H2,1-4H3,(H,25,26,27). The molecule has 2 aromatic heterocycles. The molecule has 0 atom stereocenters. The number of amides is 1. The highest BCUT2D eigenvalue weighted by Crippen LogP contribution is 2.29. The lowest BCUT2D eigenvalue weighted by atomic mass is 10.1. The summed E-state index contributed by atoms with van der Waals surface area (Å²) in [6, 6.07) is 9.87. The zero-order valence-corrected chi connectivity index (χ0v) is 18.9. The van der Waals surface area contributed by atoms with Crippen molar-refractivity contribution in [3.8, 4) is 23.1 Å². The third-order valence-corrected chi connectivity index (χ3v) is 6.49. The summed E-state index contributed by atoms with van der Waals surface area (Å²) >= 11 is 2.81. The Labute approximate surface area is 184 Å². The molecular formula is C22H22N4O2S2. The van der Waals surface area contributed by atoms with Crippen LogP contribution in [0.1, 0.15) is 28.8 Å². The molecule has 0 saturated carbocycles. The maximum atomic E-state index is 12.3. The molecule has 0 spiro atoms. The van der Waals surface area contributed by atoms with Gasteiger partial charge in [0.05, 0.1) is 18.4 Å². The predicted octanol–water partition coefficient (Wildman–Crippen LogP) is 5.13. The van der Waals surface area contributed by atoms with Crippen molar-refractivity contribution in [2.24, 2.45) is 0 Å². The number of carbonyl (C=O) groups excluding carboxylic acids is 1. The summed E-state index contributed by atoms with van der Waals surface area (Å²) in [4.78, 5) is 21.3. The van der Waals surface area contributed by atoms with Gasteiger partial charge in [0.15, 0.2) is 5.13 Å². The van der Waals surface area contributed by atoms with Crippen LogP contribution in [0.5, 0.6) is 5.75 Å². The minimum absolute atomic E-state index is 0.117. The Hall–Kier alpha value is -2.89. The number of carbonyl (C=O) groups is 1. The molecule has 0 fully saturated rings. The summed E-state index contributed by atoms with van der Waals surface area (Å²) in [7, 11) is 1.62. The summed E-state index contributed by atoms with van der Waals surface area (Å²) in [5, 5.41) is 15.4. The van der Waals surface area contributed by atoms with Gasteiger partial charge < -0.3 is 10.1 Å². The number of thiazole rings is 1. The van der Waals surface area contributed by atoms with Crippen molar-refractivity contribution in [2.45, 2.75) is 32.2 Å². The first kappa shape index (κ1) is 21.8. The SMILES string of the molecule is COc1cccc(-c2csc(NC(=O)CCSc3nc(C)c(C)c(C)c3C#N)n2)c1. The number of thioether (sulfide) groups is 1. The molecule has 8 heteroatoms. The van der Waals surface area contributed by atoms with E-state index in [1.807, 2.05) is 50.4 Å². The molecule has 2 heterocycles. The van der Waals surface area contributed by atoms with Crippen LogP contribution in [0.25, 0.3) is 11.3 Å². The molecule has 0 aliphatic heterocycles. The number of ether oxygens (including phenoxy) is 1. The summed E-state index contributed by atoms with van der Waals surface area (Å²) in [6.45, 7) is 5.83. The minimum atomic E-state index is -0.117. The van der Waals surface area contributed by atoms with Crippen LogP contribution in [0, 0.1) is 32.1 Å². The molecule has 3 rings (SSSR count). The van der Waals surface area contributed by atoms with E-state index in [-0.39, 0.29) is 5.91 Å². The van der Waals surface area contributed by atoms with Gasteiger partial charge in [-0.3, -0.25) is 4.79 Å². The van der Waals surface area contributed by atoms with Crippen LogP contribution in [0.2, 0.25) is 0 Å². The van der Waals surface area contributed by atoms with Crippen LogP contribution < -0.4 is 10.1 Å². The van der Waals surface area contributed by atoms with Crippen LogP contribution in [-0.4, -0.2) is 28.7 Å². The fourth-order valence-electron chi connectivity index (χ4n) is 2.82. The highest BCUT2D eigenvalue weighted by Gasteiger charge is 2.14. The molecule has 3 aromatic rings. The van der Waals surface area contributed by atoms with Gasteiger partial charge in [0.1, 0.15) is 16.8 Å². The molecule has 0 unspecified atom stereocenters. The average molecular weight is 439 g/mol. The largest absolute Gasteiger partial charge is 0.497 e. The van der Waals surface area contributed by atoms with E-state index in [9.17, 15) is 10.1 Å². The topological polar surface area (TPSA) is 87.9 Å². The smallest absolute Gasteiger partial charge is 0.226 e. The van der Waals surface area contributed by atoms with E-state index in [1.165, 1.54) is 23.1 Å². The minimum Gasteiger partial charge on any atom is -0.497 e. The van der Waals surface area contributed by atoms with Crippen LogP contribution >= 0.6 is 23.1 Å². The Balaban J connectivity index is 1.59. The summed E-state index contributed by atoms with van der Waals surface area (Å²) < 4.78 is 5.24. The third kappa shape index (κ3) is 4.99. The van der Waals surface area contributed by atoms with E-state index in [1.54, 1.807) is 7.11 Å². The van der Waals surface area contributed by atoms with Gasteiger partial charge in [-0.05, 0) is 44.0 Å². The molecule has 0 aliphatic rings. The van der Waals surface area contributed by atoms with Gasteiger partial charge in [-0.15, -0.1) is 23.1 Å². The normalized spacial score (nSPS) is 10.5. The Kier molecular flexibility index (Phi) is 7.08. The molecule has 0 bridgehead atoms. The second-order valence-corrected chi connectivity index (χ2v) is 8.60. The van der Waals surface area contributed by atoms with Gasteiger partial charge in [-0.1, -0.05) is 12.1 Å². The lowest BCUT2D eigenvalue weighted by Crippen LogP contribution is -2.12. The van der Waals surface area contributed by atoms with Crippen LogP contribution in [0.3, 0.4) is 0 Å². The van der Waals surface area contributed by atoms with Gasteiger partial charge in [-0.25, -0.2) is 9.97 Å². The number of methoxy groups -OCH3 is 1. The van der Waals surface area contributed by atoms with Crippen LogP contribution in [-0.2, 0) is 4.79 Å². The average Bonchev–Trinajstić information content (AvgIpc) is 3.20. The number of hydrogen-bond donors (Lipinski definition) is 1. The first-order valence-corrected chi connectivity index (χ1v) is 11.2. The number of rotatable bonds is 7. The maximum absolute atomic E-state index is 12.3. The zero-order chi connectivity index (χ0) is 21.7. The number of nitriles is 1. The summed E-state index contributed by atoms with van der Waals surface area (Å²) in [6.07, 6.45) is 0.303. The lowest BCUT2D eigenvalue weighted by Gasteiger charge is -2.10. The number of aryl methyl sites for hydroxylation is 1. The van der Waals surface area contributed by atoms with E-state index >= 15 is 0 Å². The van der Waals surface area contributed by atoms with Gasteiger partial charge in [0.25, 0.3) is 0 Å². The highest BCUT2D eigenvalue weighted by molar-refractivity contribution is 7.99. The van der Waals surface area contributed by atoms with Crippen molar-refractivity contribution in [2.75, 3.05) is 18.2 Å². The van der Waals surface area contributed by atoms with E-state index < -0.39 is 0 Å². The van der Waals surface area contributed by atoms with Gasteiger partial charge in [-0.2, -0.15) is 5.26 Å². The van der Waals surface area contributed by atoms with Crippen molar-refractivity contribution in [3.05, 3.63) is 52.0 Å². The van der Waals surface area contributed by atoms with Crippen molar-refractivity contribution >= 4 is 34.1 Å². The Morgan fingerprint density at radius 2 is 2.07 bits per heavy atom. The monoisotopic (exact) mass is 438 g/mol. The van der Waals surface area contributed by atoms with Crippen molar-refractivity contribution in [1.29, 1.82) is 5.26 Å². The van der Waals surface area contributed by atoms with Gasteiger partial charge >= 0.3 is 0 Å². The molecule has 1 amide bonds. The van der Waals surface area contributed by atoms with Gasteiger partial charge in [0.2, 0.25) is 5.91 Å². The Morgan fingerprint density at radius 1 is 1.27 bits per heavy atom. The first-order chi connectivity index (χ1) is 14.4. The Morgan fingerprint density at radius 3 is 2.80 bits per heavy atom. The van der Waals surface area contributed by atoms with Crippen LogP contribution in [0.15, 0.2) is 34.7 Å². The number of pyridine rings is 1. The number of nitrogens with one attached hydrogen (secondary N) is 1. The van der Waals surface area contributed by atoms with E-state index in [0.717, 1.165) is 33.8 Å². The van der Waals surface area contributed by atoms with Crippen molar-refractivity contribution in [3.63, 3.8) is 0 Å². The van der Waals surface area contributed by atoms with E-state index in [4.69, 9.17) is 4.74 Å². The second-order valence-electron chi connectivity index (χ2n) is 6.66. The number of hydrogen-bond acceptors (Lipinski definition) is 7. The molecule has 30 heavy (non-hydrogen) atoms. The van der Waals surface area contributed by atoms with Crippen LogP contribution in [0.4, 0.5) is 5.13 Å².